The lowest BCUT2D eigenvalue weighted by atomic mass is 9.90. The Morgan fingerprint density at radius 1 is 0.720 bits per heavy atom. The maximum atomic E-state index is 5.76. The fourth-order valence-corrected chi connectivity index (χ4v) is 4.63. The molecule has 0 atom stereocenters. The zero-order chi connectivity index (χ0) is 17.0. The molecular formula is C19H34N2O4. The topological polar surface area (TPSA) is 52.2 Å². The Kier molecular flexibility index (Phi) is 5.94. The second kappa shape index (κ2) is 8.19. The van der Waals surface area contributed by atoms with E-state index in [4.69, 9.17) is 19.6 Å². The van der Waals surface area contributed by atoms with Crippen molar-refractivity contribution in [2.75, 3.05) is 26.2 Å². The van der Waals surface area contributed by atoms with E-state index in [9.17, 15) is 0 Å². The van der Waals surface area contributed by atoms with Crippen LogP contribution >= 0.6 is 0 Å². The molecule has 0 aromatic heterocycles. The van der Waals surface area contributed by atoms with E-state index in [1.165, 1.54) is 45.3 Å². The van der Waals surface area contributed by atoms with Crippen molar-refractivity contribution in [3.8, 4) is 0 Å². The number of nitrogens with zero attached hydrogens (tertiary/aromatic N) is 1. The molecule has 2 aliphatic carbocycles. The minimum atomic E-state index is -0.687. The summed E-state index contributed by atoms with van der Waals surface area (Å²) in [6.45, 7) is 4.79. The van der Waals surface area contributed by atoms with Gasteiger partial charge in [-0.25, -0.2) is 0 Å². The Morgan fingerprint density at radius 2 is 1.28 bits per heavy atom. The standard InChI is InChI=1S/C19H34N2O4/c1-3-9-18(10-4-1)22-24-19(25-23-18)11-7-17(8-12-19)20-13-16-21-14-5-2-6-15-21/h17,20H,1-16H2. The number of likely N-dealkylation sites (tertiary alicyclic amines) is 1. The number of hydrogen-bond acceptors (Lipinski definition) is 6. The van der Waals surface area contributed by atoms with Gasteiger partial charge in [0.05, 0.1) is 0 Å². The van der Waals surface area contributed by atoms with Gasteiger partial charge in [-0.15, -0.1) is 0 Å². The van der Waals surface area contributed by atoms with Crippen LogP contribution in [0.5, 0.6) is 0 Å². The van der Waals surface area contributed by atoms with Crippen molar-refractivity contribution < 1.29 is 19.6 Å². The lowest BCUT2D eigenvalue weighted by Gasteiger charge is -2.46. The maximum absolute atomic E-state index is 5.76. The molecule has 25 heavy (non-hydrogen) atoms. The van der Waals surface area contributed by atoms with Crippen LogP contribution < -0.4 is 5.32 Å². The third-order valence-corrected chi connectivity index (χ3v) is 6.36. The normalized spacial score (nSPS) is 30.7. The largest absolute Gasteiger partial charge is 0.313 e. The Hall–Kier alpha value is -0.240. The smallest absolute Gasteiger partial charge is 0.234 e. The highest BCUT2D eigenvalue weighted by Crippen LogP contribution is 2.43. The quantitative estimate of drug-likeness (QED) is 0.782. The summed E-state index contributed by atoms with van der Waals surface area (Å²) in [6.07, 6.45) is 13.1. The Labute approximate surface area is 151 Å². The molecule has 4 rings (SSSR count). The Morgan fingerprint density at radius 3 is 1.92 bits per heavy atom. The molecule has 2 saturated heterocycles. The molecule has 4 fully saturated rings. The minimum Gasteiger partial charge on any atom is -0.313 e. The average Bonchev–Trinajstić information content (AvgIpc) is 2.68. The van der Waals surface area contributed by atoms with Crippen LogP contribution in [0.15, 0.2) is 0 Å². The Balaban J connectivity index is 1.16. The summed E-state index contributed by atoms with van der Waals surface area (Å²) in [7, 11) is 0. The summed E-state index contributed by atoms with van der Waals surface area (Å²) < 4.78 is 0. The number of piperidine rings is 1. The van der Waals surface area contributed by atoms with E-state index >= 15 is 0 Å². The number of nitrogens with one attached hydrogen (secondary N) is 1. The van der Waals surface area contributed by atoms with Gasteiger partial charge in [-0.2, -0.15) is 19.6 Å². The maximum Gasteiger partial charge on any atom is 0.234 e. The molecule has 2 spiro atoms. The third kappa shape index (κ3) is 4.54. The lowest BCUT2D eigenvalue weighted by Crippen LogP contribution is -2.54. The van der Waals surface area contributed by atoms with E-state index in [1.807, 2.05) is 0 Å². The van der Waals surface area contributed by atoms with Crippen LogP contribution in [0.25, 0.3) is 0 Å². The molecule has 4 aliphatic rings. The fraction of sp³-hybridized carbons (Fsp3) is 1.00. The first kappa shape index (κ1) is 18.1. The van der Waals surface area contributed by atoms with Crippen LogP contribution in [0.1, 0.15) is 77.0 Å². The molecule has 6 heteroatoms. The summed E-state index contributed by atoms with van der Waals surface area (Å²) in [5, 5.41) is 3.71. The molecule has 0 bridgehead atoms. The van der Waals surface area contributed by atoms with E-state index in [0.29, 0.717) is 6.04 Å². The van der Waals surface area contributed by atoms with Crippen LogP contribution in [-0.2, 0) is 19.6 Å². The van der Waals surface area contributed by atoms with E-state index in [2.05, 4.69) is 10.2 Å². The molecule has 144 valence electrons. The SMILES string of the molecule is C1CCN(CCNC2CCC3(CC2)OOC2(CCCCC2)OO3)CC1. The van der Waals surface area contributed by atoms with Crippen LogP contribution in [0.3, 0.4) is 0 Å². The van der Waals surface area contributed by atoms with Crippen LogP contribution in [-0.4, -0.2) is 48.7 Å². The van der Waals surface area contributed by atoms with E-state index in [1.54, 1.807) is 0 Å². The number of rotatable bonds is 4. The van der Waals surface area contributed by atoms with Gasteiger partial charge in [0.15, 0.2) is 0 Å². The third-order valence-electron chi connectivity index (χ3n) is 6.36. The van der Waals surface area contributed by atoms with Gasteiger partial charge < -0.3 is 10.2 Å². The fourth-order valence-electron chi connectivity index (χ4n) is 4.63. The molecule has 2 aliphatic heterocycles. The first-order valence-corrected chi connectivity index (χ1v) is 10.5. The van der Waals surface area contributed by atoms with Gasteiger partial charge in [0, 0.05) is 44.8 Å². The van der Waals surface area contributed by atoms with E-state index < -0.39 is 11.6 Å². The molecule has 0 aromatic carbocycles. The summed E-state index contributed by atoms with van der Waals surface area (Å²) in [5.41, 5.74) is 0. The van der Waals surface area contributed by atoms with Gasteiger partial charge in [-0.1, -0.05) is 12.8 Å². The average molecular weight is 354 g/mol. The number of hydrogen-bond donors (Lipinski definition) is 1. The Bertz CT molecular complexity index is 402. The molecular weight excluding hydrogens is 320 g/mol. The van der Waals surface area contributed by atoms with Crippen molar-refractivity contribution in [1.29, 1.82) is 0 Å². The van der Waals surface area contributed by atoms with Crippen molar-refractivity contribution in [1.82, 2.24) is 10.2 Å². The van der Waals surface area contributed by atoms with Crippen molar-refractivity contribution in [3.63, 3.8) is 0 Å². The highest BCUT2D eigenvalue weighted by Gasteiger charge is 2.50. The highest BCUT2D eigenvalue weighted by molar-refractivity contribution is 4.84. The van der Waals surface area contributed by atoms with Crippen LogP contribution in [0.4, 0.5) is 0 Å². The zero-order valence-corrected chi connectivity index (χ0v) is 15.5. The summed E-state index contributed by atoms with van der Waals surface area (Å²) in [5.74, 6) is -1.33. The summed E-state index contributed by atoms with van der Waals surface area (Å²) in [4.78, 5) is 25.6. The van der Waals surface area contributed by atoms with Crippen molar-refractivity contribution in [2.45, 2.75) is 94.7 Å². The molecule has 0 radical (unpaired) electrons. The molecule has 1 N–H and O–H groups in total. The van der Waals surface area contributed by atoms with Gasteiger partial charge >= 0.3 is 0 Å². The second-order valence-corrected chi connectivity index (χ2v) is 8.35. The van der Waals surface area contributed by atoms with Gasteiger partial charge in [-0.3, -0.25) is 0 Å². The van der Waals surface area contributed by atoms with Gasteiger partial charge in [0.2, 0.25) is 11.6 Å². The van der Waals surface area contributed by atoms with Crippen LogP contribution in [0.2, 0.25) is 0 Å². The minimum absolute atomic E-state index is 0.549. The molecule has 6 nitrogen and oxygen atoms in total. The summed E-state index contributed by atoms with van der Waals surface area (Å²) in [6, 6.07) is 0.549. The van der Waals surface area contributed by atoms with E-state index in [0.717, 1.165) is 57.9 Å². The van der Waals surface area contributed by atoms with Gasteiger partial charge in [0.25, 0.3) is 0 Å². The van der Waals surface area contributed by atoms with Crippen LogP contribution in [0, 0.1) is 0 Å². The van der Waals surface area contributed by atoms with Crippen molar-refractivity contribution in [3.05, 3.63) is 0 Å². The predicted molar refractivity (Wildman–Crippen MR) is 93.4 cm³/mol. The predicted octanol–water partition coefficient (Wildman–Crippen LogP) is 3.27. The molecule has 0 amide bonds. The van der Waals surface area contributed by atoms with E-state index in [-0.39, 0.29) is 0 Å². The summed E-state index contributed by atoms with van der Waals surface area (Å²) >= 11 is 0. The highest BCUT2D eigenvalue weighted by atomic mass is 17.4. The first-order chi connectivity index (χ1) is 12.3. The zero-order valence-electron chi connectivity index (χ0n) is 15.5. The second-order valence-electron chi connectivity index (χ2n) is 8.35. The lowest BCUT2D eigenvalue weighted by molar-refractivity contribution is -0.662. The van der Waals surface area contributed by atoms with Crippen molar-refractivity contribution >= 4 is 0 Å². The first-order valence-electron chi connectivity index (χ1n) is 10.5. The van der Waals surface area contributed by atoms with Gasteiger partial charge in [0.1, 0.15) is 0 Å². The van der Waals surface area contributed by atoms with Crippen molar-refractivity contribution in [2.24, 2.45) is 0 Å². The molecule has 0 unspecified atom stereocenters. The molecule has 0 aromatic rings. The molecule has 2 saturated carbocycles. The monoisotopic (exact) mass is 354 g/mol. The molecule has 2 heterocycles. The van der Waals surface area contributed by atoms with Gasteiger partial charge in [-0.05, 0) is 51.6 Å².